The van der Waals surface area contributed by atoms with E-state index in [9.17, 15) is 9.18 Å². The van der Waals surface area contributed by atoms with Gasteiger partial charge in [0.05, 0.1) is 5.69 Å². The Morgan fingerprint density at radius 3 is 2.79 bits per heavy atom. The molecule has 2 rings (SSSR count). The van der Waals surface area contributed by atoms with E-state index in [1.807, 2.05) is 30.1 Å². The summed E-state index contributed by atoms with van der Waals surface area (Å²) in [5.41, 5.74) is 1.81. The molecule has 0 saturated heterocycles. The van der Waals surface area contributed by atoms with Crippen molar-refractivity contribution in [3.8, 4) is 0 Å². The lowest BCUT2D eigenvalue weighted by atomic mass is 10.2. The van der Waals surface area contributed by atoms with Crippen LogP contribution in [0.1, 0.15) is 16.1 Å². The summed E-state index contributed by atoms with van der Waals surface area (Å²) < 4.78 is 13.8. The van der Waals surface area contributed by atoms with E-state index >= 15 is 0 Å². The second-order valence-electron chi connectivity index (χ2n) is 4.32. The lowest BCUT2D eigenvalue weighted by Gasteiger charge is -2.19. The molecule has 0 aliphatic rings. The number of carbonyl (C=O) groups is 1. The smallest absolute Gasteiger partial charge is 0.150 e. The Bertz CT molecular complexity index is 557. The average Bonchev–Trinajstić information content (AvgIpc) is 2.45. The molecule has 0 N–H and O–H groups in total. The quantitative estimate of drug-likeness (QED) is 0.773. The summed E-state index contributed by atoms with van der Waals surface area (Å²) in [5.74, 6) is -0.381. The fraction of sp³-hybridized carbons (Fsp3) is 0.200. The van der Waals surface area contributed by atoms with Crippen LogP contribution in [-0.2, 0) is 6.42 Å². The Hall–Kier alpha value is -2.23. The molecule has 0 atom stereocenters. The van der Waals surface area contributed by atoms with Crippen LogP contribution < -0.4 is 4.90 Å². The number of aromatic nitrogens is 1. The number of likely N-dealkylation sites (N-methyl/N-ethyl adjacent to an activating group) is 1. The molecule has 0 unspecified atom stereocenters. The molecule has 0 aliphatic carbocycles. The standard InChI is InChI=1S/C15H15FN2O/c1-18(9-7-13-4-2-3-8-17-13)15-6-5-12(11-19)10-14(15)16/h2-6,8,10-11H,7,9H2,1H3. The van der Waals surface area contributed by atoms with Crippen LogP contribution in [0, 0.1) is 5.82 Å². The van der Waals surface area contributed by atoms with E-state index in [0.717, 1.165) is 12.1 Å². The zero-order chi connectivity index (χ0) is 13.7. The highest BCUT2D eigenvalue weighted by molar-refractivity contribution is 5.75. The highest BCUT2D eigenvalue weighted by Gasteiger charge is 2.08. The zero-order valence-corrected chi connectivity index (χ0v) is 10.7. The van der Waals surface area contributed by atoms with Crippen molar-refractivity contribution in [2.75, 3.05) is 18.5 Å². The maximum Gasteiger partial charge on any atom is 0.150 e. The fourth-order valence-corrected chi connectivity index (χ4v) is 1.85. The molecule has 19 heavy (non-hydrogen) atoms. The van der Waals surface area contributed by atoms with Crippen molar-refractivity contribution in [2.45, 2.75) is 6.42 Å². The molecule has 3 nitrogen and oxygen atoms in total. The summed E-state index contributed by atoms with van der Waals surface area (Å²) in [7, 11) is 1.82. The van der Waals surface area contributed by atoms with Gasteiger partial charge in [0.15, 0.2) is 0 Å². The molecule has 4 heteroatoms. The first-order valence-corrected chi connectivity index (χ1v) is 6.06. The van der Waals surface area contributed by atoms with Gasteiger partial charge >= 0.3 is 0 Å². The monoisotopic (exact) mass is 258 g/mol. The van der Waals surface area contributed by atoms with E-state index in [2.05, 4.69) is 4.98 Å². The maximum atomic E-state index is 13.8. The Labute approximate surface area is 111 Å². The molecule has 0 aliphatic heterocycles. The van der Waals surface area contributed by atoms with E-state index in [4.69, 9.17) is 0 Å². The van der Waals surface area contributed by atoms with Gasteiger partial charge in [0.2, 0.25) is 0 Å². The van der Waals surface area contributed by atoms with Gasteiger partial charge in [-0.15, -0.1) is 0 Å². The van der Waals surface area contributed by atoms with Crippen LogP contribution in [0.3, 0.4) is 0 Å². The summed E-state index contributed by atoms with van der Waals surface area (Å²) in [6.45, 7) is 0.661. The van der Waals surface area contributed by atoms with E-state index in [1.165, 1.54) is 6.07 Å². The van der Waals surface area contributed by atoms with Gasteiger partial charge in [-0.1, -0.05) is 6.07 Å². The number of hydrogen-bond acceptors (Lipinski definition) is 3. The Morgan fingerprint density at radius 2 is 2.16 bits per heavy atom. The minimum absolute atomic E-state index is 0.347. The fourth-order valence-electron chi connectivity index (χ4n) is 1.85. The van der Waals surface area contributed by atoms with Crippen LogP contribution in [0.5, 0.6) is 0 Å². The molecular formula is C15H15FN2O. The zero-order valence-electron chi connectivity index (χ0n) is 10.7. The van der Waals surface area contributed by atoms with Crippen molar-refractivity contribution < 1.29 is 9.18 Å². The van der Waals surface area contributed by atoms with Gasteiger partial charge in [-0.2, -0.15) is 0 Å². The summed E-state index contributed by atoms with van der Waals surface area (Å²) in [5, 5.41) is 0. The van der Waals surface area contributed by atoms with Gasteiger partial charge in [-0.05, 0) is 30.3 Å². The summed E-state index contributed by atoms with van der Waals surface area (Å²) in [4.78, 5) is 16.6. The highest BCUT2D eigenvalue weighted by atomic mass is 19.1. The first-order valence-electron chi connectivity index (χ1n) is 6.06. The third-order valence-corrected chi connectivity index (χ3v) is 2.95. The van der Waals surface area contributed by atoms with Crippen molar-refractivity contribution in [3.63, 3.8) is 0 Å². The topological polar surface area (TPSA) is 33.2 Å². The van der Waals surface area contributed by atoms with Crippen LogP contribution in [0.15, 0.2) is 42.6 Å². The molecule has 0 saturated carbocycles. The number of rotatable bonds is 5. The van der Waals surface area contributed by atoms with Crippen LogP contribution in [-0.4, -0.2) is 24.9 Å². The number of pyridine rings is 1. The van der Waals surface area contributed by atoms with Crippen LogP contribution in [0.2, 0.25) is 0 Å². The van der Waals surface area contributed by atoms with Gasteiger partial charge in [0.1, 0.15) is 12.1 Å². The number of carbonyl (C=O) groups excluding carboxylic acids is 1. The van der Waals surface area contributed by atoms with Crippen LogP contribution in [0.25, 0.3) is 0 Å². The molecule has 1 aromatic heterocycles. The van der Waals surface area contributed by atoms with Crippen molar-refractivity contribution in [2.24, 2.45) is 0 Å². The van der Waals surface area contributed by atoms with Crippen molar-refractivity contribution in [3.05, 3.63) is 59.7 Å². The first kappa shape index (κ1) is 13.2. The molecular weight excluding hydrogens is 243 g/mol. The lowest BCUT2D eigenvalue weighted by molar-refractivity contribution is 0.112. The summed E-state index contributed by atoms with van der Waals surface area (Å²) in [6, 6.07) is 10.2. The van der Waals surface area contributed by atoms with Crippen molar-refractivity contribution in [1.82, 2.24) is 4.98 Å². The molecule has 2 aromatic rings. The van der Waals surface area contributed by atoms with E-state index in [0.29, 0.717) is 24.1 Å². The van der Waals surface area contributed by atoms with E-state index < -0.39 is 0 Å². The van der Waals surface area contributed by atoms with E-state index in [1.54, 1.807) is 18.3 Å². The Kier molecular flexibility index (Phi) is 4.23. The first-order chi connectivity index (χ1) is 9.20. The third-order valence-electron chi connectivity index (χ3n) is 2.95. The van der Waals surface area contributed by atoms with Gasteiger partial charge in [0.25, 0.3) is 0 Å². The minimum atomic E-state index is -0.381. The highest BCUT2D eigenvalue weighted by Crippen LogP contribution is 2.19. The second-order valence-corrected chi connectivity index (χ2v) is 4.32. The Balaban J connectivity index is 2.04. The number of aldehydes is 1. The maximum absolute atomic E-state index is 13.8. The minimum Gasteiger partial charge on any atom is -0.372 e. The van der Waals surface area contributed by atoms with Crippen LogP contribution >= 0.6 is 0 Å². The molecule has 0 fully saturated rings. The SMILES string of the molecule is CN(CCc1ccccn1)c1ccc(C=O)cc1F. The molecule has 98 valence electrons. The molecule has 0 radical (unpaired) electrons. The Morgan fingerprint density at radius 1 is 1.32 bits per heavy atom. The molecule has 1 aromatic carbocycles. The van der Waals surface area contributed by atoms with Crippen LogP contribution in [0.4, 0.5) is 10.1 Å². The summed E-state index contributed by atoms with van der Waals surface area (Å²) in [6.07, 6.45) is 3.13. The molecule has 0 amide bonds. The van der Waals surface area contributed by atoms with Gasteiger partial charge in [-0.25, -0.2) is 4.39 Å². The molecule has 0 bridgehead atoms. The van der Waals surface area contributed by atoms with Gasteiger partial charge < -0.3 is 4.90 Å². The third kappa shape index (κ3) is 3.37. The van der Waals surface area contributed by atoms with Crippen molar-refractivity contribution >= 4 is 12.0 Å². The number of benzene rings is 1. The number of hydrogen-bond donors (Lipinski definition) is 0. The number of nitrogens with zero attached hydrogens (tertiary/aromatic N) is 2. The van der Waals surface area contributed by atoms with Gasteiger partial charge in [0, 0.05) is 37.5 Å². The lowest BCUT2D eigenvalue weighted by Crippen LogP contribution is -2.21. The molecule has 0 spiro atoms. The second kappa shape index (κ2) is 6.09. The molecule has 1 heterocycles. The predicted molar refractivity (Wildman–Crippen MR) is 73.0 cm³/mol. The average molecular weight is 258 g/mol. The number of anilines is 1. The number of halogens is 1. The van der Waals surface area contributed by atoms with Crippen molar-refractivity contribution in [1.29, 1.82) is 0 Å². The largest absolute Gasteiger partial charge is 0.372 e. The normalized spacial score (nSPS) is 10.2. The predicted octanol–water partition coefficient (Wildman–Crippen LogP) is 2.71. The summed E-state index contributed by atoms with van der Waals surface area (Å²) >= 11 is 0. The van der Waals surface area contributed by atoms with E-state index in [-0.39, 0.29) is 5.82 Å². The van der Waals surface area contributed by atoms with Gasteiger partial charge in [-0.3, -0.25) is 9.78 Å².